The first-order valence-electron chi connectivity index (χ1n) is 5.99. The highest BCUT2D eigenvalue weighted by Crippen LogP contribution is 2.21. The molecule has 19 heavy (non-hydrogen) atoms. The Balaban J connectivity index is 2.58. The lowest BCUT2D eigenvalue weighted by Crippen LogP contribution is -2.25. The van der Waals surface area contributed by atoms with Crippen LogP contribution in [0.3, 0.4) is 0 Å². The first-order chi connectivity index (χ1) is 9.08. The molecule has 6 heteroatoms. The monoisotopic (exact) mass is 265 g/mol. The zero-order valence-corrected chi connectivity index (χ0v) is 10.9. The number of carbonyl (C=O) groups is 2. The number of rotatable bonds is 3. The summed E-state index contributed by atoms with van der Waals surface area (Å²) >= 11 is 0. The lowest BCUT2D eigenvalue weighted by molar-refractivity contribution is -0.139. The third-order valence-electron chi connectivity index (χ3n) is 3.25. The minimum Gasteiger partial charge on any atom is -0.469 e. The fourth-order valence-electron chi connectivity index (χ4n) is 2.38. The van der Waals surface area contributed by atoms with Gasteiger partial charge >= 0.3 is 11.9 Å². The summed E-state index contributed by atoms with van der Waals surface area (Å²) in [5, 5.41) is 0. The molecule has 0 bridgehead atoms. The summed E-state index contributed by atoms with van der Waals surface area (Å²) in [7, 11) is 2.54. The average Bonchev–Trinajstić information content (AvgIpc) is 2.87. The Bertz CT molecular complexity index is 587. The molecule has 1 aromatic heterocycles. The van der Waals surface area contributed by atoms with Gasteiger partial charge in [-0.2, -0.15) is 0 Å². The van der Waals surface area contributed by atoms with E-state index in [9.17, 15) is 14.4 Å². The van der Waals surface area contributed by atoms with Gasteiger partial charge in [-0.05, 0) is 18.4 Å². The molecule has 0 amide bonds. The maximum Gasteiger partial charge on any atom is 0.339 e. The Kier molecular flexibility index (Phi) is 3.69. The first-order valence-corrected chi connectivity index (χ1v) is 5.99. The first kappa shape index (κ1) is 13.3. The van der Waals surface area contributed by atoms with Gasteiger partial charge in [0, 0.05) is 18.3 Å². The molecule has 0 radical (unpaired) electrons. The number of carbonyl (C=O) groups excluding carboxylic acids is 2. The van der Waals surface area contributed by atoms with Crippen LogP contribution in [0.25, 0.3) is 0 Å². The van der Waals surface area contributed by atoms with Gasteiger partial charge < -0.3 is 14.0 Å². The second-order valence-corrected chi connectivity index (χ2v) is 4.33. The minimum absolute atomic E-state index is 0.107. The third-order valence-corrected chi connectivity index (χ3v) is 3.25. The van der Waals surface area contributed by atoms with Gasteiger partial charge in [0.25, 0.3) is 5.56 Å². The molecular formula is C13H15NO5. The number of methoxy groups -OCH3 is 2. The highest BCUT2D eigenvalue weighted by Gasteiger charge is 2.25. The van der Waals surface area contributed by atoms with Crippen molar-refractivity contribution in [1.82, 2.24) is 4.57 Å². The summed E-state index contributed by atoms with van der Waals surface area (Å²) in [6, 6.07) is 1.32. The van der Waals surface area contributed by atoms with E-state index < -0.39 is 11.9 Å². The maximum absolute atomic E-state index is 11.9. The number of aromatic nitrogens is 1. The van der Waals surface area contributed by atoms with E-state index in [0.717, 1.165) is 6.42 Å². The summed E-state index contributed by atoms with van der Waals surface area (Å²) in [4.78, 5) is 35.2. The van der Waals surface area contributed by atoms with Gasteiger partial charge in [-0.15, -0.1) is 0 Å². The predicted molar refractivity (Wildman–Crippen MR) is 66.1 cm³/mol. The van der Waals surface area contributed by atoms with E-state index >= 15 is 0 Å². The van der Waals surface area contributed by atoms with Crippen LogP contribution in [-0.2, 0) is 33.7 Å². The molecule has 2 rings (SSSR count). The van der Waals surface area contributed by atoms with Gasteiger partial charge in [0.2, 0.25) is 0 Å². The van der Waals surface area contributed by atoms with E-state index in [1.165, 1.54) is 20.3 Å². The smallest absolute Gasteiger partial charge is 0.339 e. The van der Waals surface area contributed by atoms with E-state index in [2.05, 4.69) is 4.74 Å². The molecule has 1 aliphatic heterocycles. The highest BCUT2D eigenvalue weighted by atomic mass is 16.5. The number of ether oxygens (including phenoxy) is 2. The molecule has 0 atom stereocenters. The summed E-state index contributed by atoms with van der Waals surface area (Å²) in [6.07, 6.45) is 1.33. The molecular weight excluding hydrogens is 250 g/mol. The second-order valence-electron chi connectivity index (χ2n) is 4.33. The van der Waals surface area contributed by atoms with Gasteiger partial charge in [-0.1, -0.05) is 0 Å². The normalized spacial score (nSPS) is 12.9. The minimum atomic E-state index is -0.524. The Labute approximate surface area is 109 Å². The van der Waals surface area contributed by atoms with Crippen LogP contribution < -0.4 is 5.56 Å². The van der Waals surface area contributed by atoms with Crippen LogP contribution in [-0.4, -0.2) is 30.7 Å². The number of fused-ring (bicyclic) bond motifs is 1. The number of hydrogen-bond acceptors (Lipinski definition) is 5. The van der Waals surface area contributed by atoms with Crippen molar-refractivity contribution in [1.29, 1.82) is 0 Å². The lowest BCUT2D eigenvalue weighted by Gasteiger charge is -2.12. The zero-order valence-electron chi connectivity index (χ0n) is 10.9. The van der Waals surface area contributed by atoms with Crippen LogP contribution in [0.5, 0.6) is 0 Å². The largest absolute Gasteiger partial charge is 0.469 e. The Morgan fingerprint density at radius 1 is 1.32 bits per heavy atom. The molecule has 0 aliphatic carbocycles. The average molecular weight is 265 g/mol. The molecule has 1 aromatic rings. The van der Waals surface area contributed by atoms with Crippen molar-refractivity contribution in [2.75, 3.05) is 14.2 Å². The molecule has 1 aliphatic rings. The van der Waals surface area contributed by atoms with Crippen LogP contribution in [0.1, 0.15) is 28.0 Å². The van der Waals surface area contributed by atoms with Crippen LogP contribution in [0.2, 0.25) is 0 Å². The molecule has 0 aromatic carbocycles. The van der Waals surface area contributed by atoms with E-state index in [-0.39, 0.29) is 12.0 Å². The maximum atomic E-state index is 11.9. The van der Waals surface area contributed by atoms with Crippen molar-refractivity contribution < 1.29 is 19.1 Å². The number of hydrogen-bond donors (Lipinski definition) is 0. The van der Waals surface area contributed by atoms with Gasteiger partial charge in [0.1, 0.15) is 0 Å². The summed E-state index contributed by atoms with van der Waals surface area (Å²) in [6.45, 7) is 0.594. The van der Waals surface area contributed by atoms with Crippen LogP contribution >= 0.6 is 0 Å². The third kappa shape index (κ3) is 2.38. The van der Waals surface area contributed by atoms with E-state index in [1.54, 1.807) is 4.57 Å². The molecule has 0 unspecified atom stereocenters. The van der Waals surface area contributed by atoms with Crippen molar-refractivity contribution in [3.05, 3.63) is 33.2 Å². The van der Waals surface area contributed by atoms with Gasteiger partial charge in [0.05, 0.1) is 26.2 Å². The molecule has 102 valence electrons. The van der Waals surface area contributed by atoms with Crippen molar-refractivity contribution in [3.63, 3.8) is 0 Å². The molecule has 0 spiro atoms. The van der Waals surface area contributed by atoms with E-state index in [1.807, 2.05) is 0 Å². The predicted octanol–water partition coefficient (Wildman–Crippen LogP) is 0.297. The standard InChI is InChI=1S/C13H15NO5/c1-18-11(16)7-8-6-10(15)14-5-3-4-9(14)12(8)13(17)19-2/h6H,3-5,7H2,1-2H3. The number of nitrogens with zero attached hydrogens (tertiary/aromatic N) is 1. The number of pyridine rings is 1. The Morgan fingerprint density at radius 2 is 2.05 bits per heavy atom. The van der Waals surface area contributed by atoms with Gasteiger partial charge in [-0.3, -0.25) is 9.59 Å². The molecule has 0 saturated carbocycles. The molecule has 0 saturated heterocycles. The van der Waals surface area contributed by atoms with Gasteiger partial charge in [-0.25, -0.2) is 4.79 Å². The summed E-state index contributed by atoms with van der Waals surface area (Å²) < 4.78 is 10.9. The Morgan fingerprint density at radius 3 is 2.68 bits per heavy atom. The van der Waals surface area contributed by atoms with E-state index in [4.69, 9.17) is 4.74 Å². The lowest BCUT2D eigenvalue weighted by atomic mass is 10.0. The number of esters is 2. The fourth-order valence-corrected chi connectivity index (χ4v) is 2.38. The van der Waals surface area contributed by atoms with E-state index in [0.29, 0.717) is 29.8 Å². The van der Waals surface area contributed by atoms with Crippen LogP contribution in [0.15, 0.2) is 10.9 Å². The quantitative estimate of drug-likeness (QED) is 0.735. The van der Waals surface area contributed by atoms with Crippen LogP contribution in [0.4, 0.5) is 0 Å². The Hall–Kier alpha value is -2.11. The van der Waals surface area contributed by atoms with Crippen molar-refractivity contribution >= 4 is 11.9 Å². The highest BCUT2D eigenvalue weighted by molar-refractivity contribution is 5.93. The topological polar surface area (TPSA) is 74.6 Å². The SMILES string of the molecule is COC(=O)Cc1cc(=O)n2c(c1C(=O)OC)CCC2. The summed E-state index contributed by atoms with van der Waals surface area (Å²) in [5.74, 6) is -1.02. The van der Waals surface area contributed by atoms with Crippen molar-refractivity contribution in [3.8, 4) is 0 Å². The molecule has 0 N–H and O–H groups in total. The molecule has 0 fully saturated rings. The molecule has 2 heterocycles. The fraction of sp³-hybridized carbons (Fsp3) is 0.462. The second kappa shape index (κ2) is 5.26. The molecule has 6 nitrogen and oxygen atoms in total. The summed E-state index contributed by atoms with van der Waals surface area (Å²) in [5.41, 5.74) is 1.15. The van der Waals surface area contributed by atoms with Crippen molar-refractivity contribution in [2.24, 2.45) is 0 Å². The van der Waals surface area contributed by atoms with Crippen LogP contribution in [0, 0.1) is 0 Å². The van der Waals surface area contributed by atoms with Gasteiger partial charge in [0.15, 0.2) is 0 Å². The zero-order chi connectivity index (χ0) is 14.0. The van der Waals surface area contributed by atoms with Crippen molar-refractivity contribution in [2.45, 2.75) is 25.8 Å².